The number of carbonyl (C=O) groups excluding carboxylic acids is 1. The van der Waals surface area contributed by atoms with Gasteiger partial charge in [-0.2, -0.15) is 0 Å². The molecule has 0 fully saturated rings. The normalized spacial score (nSPS) is 13.7. The average Bonchev–Trinajstić information content (AvgIpc) is 2.72. The van der Waals surface area contributed by atoms with Gasteiger partial charge in [-0.25, -0.2) is 0 Å². The molecular formula is C23H30N2O3. The minimum atomic E-state index is 0.0187. The molecular weight excluding hydrogens is 352 g/mol. The quantitative estimate of drug-likeness (QED) is 0.749. The standard InChI is InChI=1S/C23H30N2O3/c1-4-5-6-17-7-9-20(10-8-17)24-23(26)16-25-12-11-18-13-21(27-2)22(28-3)14-19(18)15-25/h7-10,13-14H,4-6,11-12,15-16H2,1-3H3,(H,24,26). The van der Waals surface area contributed by atoms with Crippen LogP contribution < -0.4 is 14.8 Å². The molecule has 1 aliphatic rings. The summed E-state index contributed by atoms with van der Waals surface area (Å²) in [7, 11) is 3.30. The summed E-state index contributed by atoms with van der Waals surface area (Å²) in [5.74, 6) is 1.51. The van der Waals surface area contributed by atoms with E-state index in [1.54, 1.807) is 14.2 Å². The van der Waals surface area contributed by atoms with E-state index in [0.717, 1.165) is 43.1 Å². The third kappa shape index (κ3) is 5.04. The van der Waals surface area contributed by atoms with E-state index in [1.807, 2.05) is 24.3 Å². The number of hydrogen-bond acceptors (Lipinski definition) is 4. The maximum absolute atomic E-state index is 12.5. The SMILES string of the molecule is CCCCc1ccc(NC(=O)CN2CCc3cc(OC)c(OC)cc3C2)cc1. The van der Waals surface area contributed by atoms with E-state index in [1.165, 1.54) is 29.5 Å². The molecule has 0 aliphatic carbocycles. The Morgan fingerprint density at radius 3 is 2.39 bits per heavy atom. The van der Waals surface area contributed by atoms with Crippen molar-refractivity contribution in [1.29, 1.82) is 0 Å². The molecule has 1 heterocycles. The molecule has 0 atom stereocenters. The predicted molar refractivity (Wildman–Crippen MR) is 112 cm³/mol. The van der Waals surface area contributed by atoms with Crippen LogP contribution in [0.2, 0.25) is 0 Å². The average molecular weight is 383 g/mol. The van der Waals surface area contributed by atoms with Crippen molar-refractivity contribution in [2.24, 2.45) is 0 Å². The molecule has 2 aromatic rings. The fourth-order valence-corrected chi connectivity index (χ4v) is 3.62. The topological polar surface area (TPSA) is 50.8 Å². The van der Waals surface area contributed by atoms with Crippen molar-refractivity contribution < 1.29 is 14.3 Å². The molecule has 150 valence electrons. The fraction of sp³-hybridized carbons (Fsp3) is 0.435. The van der Waals surface area contributed by atoms with Crippen LogP contribution in [-0.2, 0) is 24.2 Å². The lowest BCUT2D eigenvalue weighted by atomic mass is 9.99. The van der Waals surface area contributed by atoms with Crippen LogP contribution in [-0.4, -0.2) is 38.1 Å². The van der Waals surface area contributed by atoms with Gasteiger partial charge >= 0.3 is 0 Å². The van der Waals surface area contributed by atoms with Gasteiger partial charge in [0.05, 0.1) is 20.8 Å². The van der Waals surface area contributed by atoms with Gasteiger partial charge in [-0.15, -0.1) is 0 Å². The summed E-state index contributed by atoms with van der Waals surface area (Å²) in [5, 5.41) is 3.01. The smallest absolute Gasteiger partial charge is 0.238 e. The molecule has 1 amide bonds. The Balaban J connectivity index is 1.57. The van der Waals surface area contributed by atoms with Crippen LogP contribution in [0.25, 0.3) is 0 Å². The van der Waals surface area contributed by atoms with Gasteiger partial charge in [0.1, 0.15) is 0 Å². The molecule has 1 N–H and O–H groups in total. The summed E-state index contributed by atoms with van der Waals surface area (Å²) in [6, 6.07) is 12.3. The van der Waals surface area contributed by atoms with E-state index in [2.05, 4.69) is 29.3 Å². The number of anilines is 1. The Kier molecular flexibility index (Phi) is 6.93. The number of amides is 1. The number of benzene rings is 2. The van der Waals surface area contributed by atoms with Gasteiger partial charge in [-0.3, -0.25) is 9.69 Å². The van der Waals surface area contributed by atoms with E-state index < -0.39 is 0 Å². The summed E-state index contributed by atoms with van der Waals surface area (Å²) >= 11 is 0. The highest BCUT2D eigenvalue weighted by Gasteiger charge is 2.21. The van der Waals surface area contributed by atoms with E-state index in [-0.39, 0.29) is 5.91 Å². The number of fused-ring (bicyclic) bond motifs is 1. The Hall–Kier alpha value is -2.53. The maximum Gasteiger partial charge on any atom is 0.238 e. The lowest BCUT2D eigenvalue weighted by Crippen LogP contribution is -2.37. The Labute approximate surface area is 167 Å². The molecule has 0 radical (unpaired) electrons. The molecule has 0 spiro atoms. The Bertz CT molecular complexity index is 802. The van der Waals surface area contributed by atoms with Crippen LogP contribution in [0.1, 0.15) is 36.5 Å². The molecule has 1 aliphatic heterocycles. The number of ether oxygens (including phenoxy) is 2. The highest BCUT2D eigenvalue weighted by Crippen LogP contribution is 2.33. The first-order valence-corrected chi connectivity index (χ1v) is 9.97. The minimum absolute atomic E-state index is 0.0187. The lowest BCUT2D eigenvalue weighted by Gasteiger charge is -2.29. The van der Waals surface area contributed by atoms with Gasteiger partial charge in [-0.05, 0) is 60.2 Å². The number of carbonyl (C=O) groups is 1. The number of aryl methyl sites for hydroxylation is 1. The van der Waals surface area contributed by atoms with Crippen LogP contribution in [0.5, 0.6) is 11.5 Å². The van der Waals surface area contributed by atoms with E-state index >= 15 is 0 Å². The maximum atomic E-state index is 12.5. The largest absolute Gasteiger partial charge is 0.493 e. The van der Waals surface area contributed by atoms with Gasteiger partial charge in [0.15, 0.2) is 11.5 Å². The Morgan fingerprint density at radius 1 is 1.07 bits per heavy atom. The third-order valence-electron chi connectivity index (χ3n) is 5.22. The second kappa shape index (κ2) is 9.60. The summed E-state index contributed by atoms with van der Waals surface area (Å²) in [6.45, 7) is 4.16. The van der Waals surface area contributed by atoms with Crippen molar-refractivity contribution in [3.8, 4) is 11.5 Å². The van der Waals surface area contributed by atoms with Crippen LogP contribution in [0.4, 0.5) is 5.69 Å². The molecule has 2 aromatic carbocycles. The van der Waals surface area contributed by atoms with Crippen LogP contribution in [0.3, 0.4) is 0 Å². The zero-order chi connectivity index (χ0) is 19.9. The van der Waals surface area contributed by atoms with Crippen molar-refractivity contribution in [3.05, 3.63) is 53.1 Å². The zero-order valence-electron chi connectivity index (χ0n) is 17.1. The summed E-state index contributed by atoms with van der Waals surface area (Å²) < 4.78 is 10.8. The minimum Gasteiger partial charge on any atom is -0.493 e. The third-order valence-corrected chi connectivity index (χ3v) is 5.22. The summed E-state index contributed by atoms with van der Waals surface area (Å²) in [4.78, 5) is 14.6. The number of methoxy groups -OCH3 is 2. The lowest BCUT2D eigenvalue weighted by molar-refractivity contribution is -0.117. The van der Waals surface area contributed by atoms with Crippen molar-refractivity contribution in [1.82, 2.24) is 4.90 Å². The first kappa shape index (κ1) is 20.2. The van der Waals surface area contributed by atoms with Gasteiger partial charge in [0, 0.05) is 18.8 Å². The molecule has 0 saturated carbocycles. The van der Waals surface area contributed by atoms with Gasteiger partial charge < -0.3 is 14.8 Å². The van der Waals surface area contributed by atoms with E-state index in [0.29, 0.717) is 6.54 Å². The molecule has 0 aromatic heterocycles. The van der Waals surface area contributed by atoms with Crippen molar-refractivity contribution in [2.75, 3.05) is 32.6 Å². The summed E-state index contributed by atoms with van der Waals surface area (Å²) in [5.41, 5.74) is 4.62. The van der Waals surface area contributed by atoms with Crippen LogP contribution in [0, 0.1) is 0 Å². The van der Waals surface area contributed by atoms with Crippen LogP contribution in [0.15, 0.2) is 36.4 Å². The van der Waals surface area contributed by atoms with Gasteiger partial charge in [0.25, 0.3) is 0 Å². The van der Waals surface area contributed by atoms with E-state index in [9.17, 15) is 4.79 Å². The van der Waals surface area contributed by atoms with E-state index in [4.69, 9.17) is 9.47 Å². The first-order chi connectivity index (χ1) is 13.6. The highest BCUT2D eigenvalue weighted by atomic mass is 16.5. The second-order valence-corrected chi connectivity index (χ2v) is 7.29. The van der Waals surface area contributed by atoms with Crippen molar-refractivity contribution in [3.63, 3.8) is 0 Å². The zero-order valence-corrected chi connectivity index (χ0v) is 17.1. The molecule has 3 rings (SSSR count). The first-order valence-electron chi connectivity index (χ1n) is 9.97. The molecule has 5 nitrogen and oxygen atoms in total. The monoisotopic (exact) mass is 382 g/mol. The number of rotatable bonds is 8. The summed E-state index contributed by atoms with van der Waals surface area (Å²) in [6.07, 6.45) is 4.37. The Morgan fingerprint density at radius 2 is 1.75 bits per heavy atom. The van der Waals surface area contributed by atoms with Crippen molar-refractivity contribution >= 4 is 11.6 Å². The number of nitrogens with zero attached hydrogens (tertiary/aromatic N) is 1. The molecule has 0 saturated heterocycles. The fourth-order valence-electron chi connectivity index (χ4n) is 3.62. The number of unbranched alkanes of at least 4 members (excludes halogenated alkanes) is 1. The molecule has 0 unspecified atom stereocenters. The molecule has 28 heavy (non-hydrogen) atoms. The predicted octanol–water partition coefficient (Wildman–Crippen LogP) is 4.04. The van der Waals surface area contributed by atoms with Gasteiger partial charge in [0.2, 0.25) is 5.91 Å². The highest BCUT2D eigenvalue weighted by molar-refractivity contribution is 5.92. The number of nitrogens with one attached hydrogen (secondary N) is 1. The molecule has 0 bridgehead atoms. The van der Waals surface area contributed by atoms with Gasteiger partial charge in [-0.1, -0.05) is 25.5 Å². The van der Waals surface area contributed by atoms with Crippen molar-refractivity contribution in [2.45, 2.75) is 39.2 Å². The second-order valence-electron chi connectivity index (χ2n) is 7.29. The van der Waals surface area contributed by atoms with Crippen LogP contribution >= 0.6 is 0 Å². The number of hydrogen-bond donors (Lipinski definition) is 1. The molecule has 5 heteroatoms.